The summed E-state index contributed by atoms with van der Waals surface area (Å²) in [4.78, 5) is 53.4. The largest absolute Gasteiger partial charge is 0.497 e. The van der Waals surface area contributed by atoms with Gasteiger partial charge in [-0.3, -0.25) is 9.59 Å². The molecule has 3 fully saturated rings. The van der Waals surface area contributed by atoms with E-state index in [1.165, 1.54) is 0 Å². The standard InChI is InChI=1S/C40H55N3O7/c1-8-11-13-18-26-21-33(26)48-35(44)23-29(25-16-14-12-15-17-25)38(45)43-24-34(28(9-2)36(43)39(46)50-40(4,5)6)49-37-30(10-3)41-31-20-19-27(47-7)22-32(31)42-37/h8,10,19-20,22,25-26,28-29,33-34,36H,1,3,9,11-18,21,23-24H2,2,4-7H3/t26-,28-,29+,33-,34+,36+/m1/s1. The third-order valence-corrected chi connectivity index (χ3v) is 10.4. The number of carbonyl (C=O) groups is 3. The van der Waals surface area contributed by atoms with Gasteiger partial charge in [0, 0.05) is 12.0 Å². The average molecular weight is 690 g/mol. The summed E-state index contributed by atoms with van der Waals surface area (Å²) in [6, 6.07) is 4.53. The number of unbranched alkanes of at least 4 members (excludes halogenated alkanes) is 1. The van der Waals surface area contributed by atoms with E-state index in [1.54, 1.807) is 24.2 Å². The van der Waals surface area contributed by atoms with Crippen molar-refractivity contribution < 1.29 is 33.3 Å². The van der Waals surface area contributed by atoms with Crippen LogP contribution in [0.5, 0.6) is 11.6 Å². The highest BCUT2D eigenvalue weighted by atomic mass is 16.6. The molecule has 1 aliphatic heterocycles. The van der Waals surface area contributed by atoms with E-state index in [2.05, 4.69) is 13.2 Å². The Morgan fingerprint density at radius 1 is 1.06 bits per heavy atom. The minimum Gasteiger partial charge on any atom is -0.497 e. The highest BCUT2D eigenvalue weighted by molar-refractivity contribution is 5.89. The van der Waals surface area contributed by atoms with Crippen LogP contribution in [-0.2, 0) is 23.9 Å². The van der Waals surface area contributed by atoms with Crippen molar-refractivity contribution >= 4 is 35.0 Å². The third kappa shape index (κ3) is 9.04. The van der Waals surface area contributed by atoms with E-state index >= 15 is 0 Å². The van der Waals surface area contributed by atoms with Gasteiger partial charge in [-0.1, -0.05) is 38.8 Å². The first-order valence-corrected chi connectivity index (χ1v) is 18.4. The number of ether oxygens (including phenoxy) is 4. The second-order valence-corrected chi connectivity index (χ2v) is 15.1. The molecule has 0 N–H and O–H groups in total. The zero-order chi connectivity index (χ0) is 36.0. The number of nitrogens with zero attached hydrogens (tertiary/aromatic N) is 3. The summed E-state index contributed by atoms with van der Waals surface area (Å²) < 4.78 is 23.9. The Morgan fingerprint density at radius 2 is 1.82 bits per heavy atom. The molecule has 6 atom stereocenters. The SMILES string of the molecule is C=CCCC[C@@H]1C[C@H]1OC(=O)C[C@H](C(=O)N1C[C@H](Oc2nc3cc(OC)ccc3nc2C=C)[C@@H](CC)[C@H]1C(=O)OC(C)(C)C)C1CCCCC1. The summed E-state index contributed by atoms with van der Waals surface area (Å²) in [6.07, 6.45) is 12.1. The van der Waals surface area contributed by atoms with Gasteiger partial charge in [-0.15, -0.1) is 6.58 Å². The van der Waals surface area contributed by atoms with Gasteiger partial charge in [-0.2, -0.15) is 0 Å². The molecular formula is C40H55N3O7. The van der Waals surface area contributed by atoms with Crippen LogP contribution in [0.4, 0.5) is 0 Å². The van der Waals surface area contributed by atoms with E-state index in [9.17, 15) is 14.4 Å². The van der Waals surface area contributed by atoms with Crippen LogP contribution in [0.15, 0.2) is 37.4 Å². The summed E-state index contributed by atoms with van der Waals surface area (Å²) in [5.41, 5.74) is 0.941. The molecule has 1 saturated heterocycles. The van der Waals surface area contributed by atoms with Gasteiger partial charge in [-0.05, 0) is 95.8 Å². The minimum absolute atomic E-state index is 0.00216. The predicted octanol–water partition coefficient (Wildman–Crippen LogP) is 7.48. The van der Waals surface area contributed by atoms with Gasteiger partial charge in [0.15, 0.2) is 0 Å². The van der Waals surface area contributed by atoms with Gasteiger partial charge in [-0.25, -0.2) is 14.8 Å². The van der Waals surface area contributed by atoms with Crippen molar-refractivity contribution in [3.63, 3.8) is 0 Å². The van der Waals surface area contributed by atoms with Crippen LogP contribution in [0.2, 0.25) is 0 Å². The molecule has 272 valence electrons. The molecule has 2 heterocycles. The van der Waals surface area contributed by atoms with E-state index in [0.29, 0.717) is 34.8 Å². The monoisotopic (exact) mass is 689 g/mol. The van der Waals surface area contributed by atoms with Gasteiger partial charge in [0.2, 0.25) is 11.8 Å². The fourth-order valence-electron chi connectivity index (χ4n) is 7.69. The number of methoxy groups -OCH3 is 1. The number of aromatic nitrogens is 2. The summed E-state index contributed by atoms with van der Waals surface area (Å²) in [5.74, 6) is -0.722. The zero-order valence-electron chi connectivity index (χ0n) is 30.5. The number of hydrogen-bond donors (Lipinski definition) is 0. The van der Waals surface area contributed by atoms with Crippen molar-refractivity contribution in [3.8, 4) is 11.6 Å². The maximum atomic E-state index is 14.8. The fourth-order valence-corrected chi connectivity index (χ4v) is 7.69. The minimum atomic E-state index is -0.891. The number of rotatable bonds is 15. The molecule has 50 heavy (non-hydrogen) atoms. The zero-order valence-corrected chi connectivity index (χ0v) is 30.5. The van der Waals surface area contributed by atoms with Gasteiger partial charge < -0.3 is 23.8 Å². The smallest absolute Gasteiger partial charge is 0.329 e. The molecule has 2 saturated carbocycles. The van der Waals surface area contributed by atoms with Crippen LogP contribution < -0.4 is 9.47 Å². The van der Waals surface area contributed by atoms with Crippen LogP contribution in [0, 0.1) is 23.7 Å². The molecular weight excluding hydrogens is 634 g/mol. The van der Waals surface area contributed by atoms with Crippen molar-refractivity contribution in [1.82, 2.24) is 14.9 Å². The van der Waals surface area contributed by atoms with Crippen molar-refractivity contribution in [2.24, 2.45) is 23.7 Å². The first-order chi connectivity index (χ1) is 24.0. The van der Waals surface area contributed by atoms with E-state index in [0.717, 1.165) is 57.8 Å². The first-order valence-electron chi connectivity index (χ1n) is 18.4. The highest BCUT2D eigenvalue weighted by Crippen LogP contribution is 2.41. The molecule has 0 spiro atoms. The number of carbonyl (C=O) groups excluding carboxylic acids is 3. The lowest BCUT2D eigenvalue weighted by molar-refractivity contribution is -0.166. The van der Waals surface area contributed by atoms with Gasteiger partial charge in [0.25, 0.3) is 0 Å². The fraction of sp³-hybridized carbons (Fsp3) is 0.625. The lowest BCUT2D eigenvalue weighted by Gasteiger charge is -2.35. The Hall–Kier alpha value is -3.95. The third-order valence-electron chi connectivity index (χ3n) is 10.4. The van der Waals surface area contributed by atoms with Crippen molar-refractivity contribution in [3.05, 3.63) is 43.1 Å². The van der Waals surface area contributed by atoms with E-state index in [4.69, 9.17) is 28.9 Å². The molecule has 3 aliphatic rings. The number of hydrogen-bond acceptors (Lipinski definition) is 9. The van der Waals surface area contributed by atoms with E-state index in [1.807, 2.05) is 45.9 Å². The molecule has 10 nitrogen and oxygen atoms in total. The number of amides is 1. The van der Waals surface area contributed by atoms with Gasteiger partial charge >= 0.3 is 11.9 Å². The lowest BCUT2D eigenvalue weighted by Crippen LogP contribution is -2.49. The van der Waals surface area contributed by atoms with Crippen LogP contribution in [0.25, 0.3) is 17.1 Å². The molecule has 2 aromatic rings. The molecule has 0 bridgehead atoms. The summed E-state index contributed by atoms with van der Waals surface area (Å²) >= 11 is 0. The molecule has 0 unspecified atom stereocenters. The first kappa shape index (κ1) is 37.3. The number of benzene rings is 1. The number of esters is 2. The van der Waals surface area contributed by atoms with E-state index in [-0.39, 0.29) is 42.7 Å². The summed E-state index contributed by atoms with van der Waals surface area (Å²) in [5, 5.41) is 0. The number of allylic oxidation sites excluding steroid dienone is 1. The quantitative estimate of drug-likeness (QED) is 0.107. The van der Waals surface area contributed by atoms with Crippen LogP contribution in [0.3, 0.4) is 0 Å². The predicted molar refractivity (Wildman–Crippen MR) is 192 cm³/mol. The molecule has 5 rings (SSSR count). The topological polar surface area (TPSA) is 117 Å². The van der Waals surface area contributed by atoms with Crippen molar-refractivity contribution in [1.29, 1.82) is 0 Å². The van der Waals surface area contributed by atoms with Crippen molar-refractivity contribution in [2.75, 3.05) is 13.7 Å². The second-order valence-electron chi connectivity index (χ2n) is 15.1. The van der Waals surface area contributed by atoms with Gasteiger partial charge in [0.05, 0.1) is 37.0 Å². The van der Waals surface area contributed by atoms with Crippen molar-refractivity contribution in [2.45, 2.75) is 122 Å². The number of fused-ring (bicyclic) bond motifs is 1. The van der Waals surface area contributed by atoms with Gasteiger partial charge in [0.1, 0.15) is 35.3 Å². The summed E-state index contributed by atoms with van der Waals surface area (Å²) in [7, 11) is 1.59. The Kier molecular flexibility index (Phi) is 12.2. The maximum Gasteiger partial charge on any atom is 0.329 e. The average Bonchev–Trinajstić information content (AvgIpc) is 3.72. The molecule has 1 amide bonds. The molecule has 0 radical (unpaired) electrons. The normalized spacial score (nSPS) is 24.3. The number of likely N-dealkylation sites (tertiary alicyclic amines) is 1. The molecule has 1 aromatic carbocycles. The molecule has 2 aliphatic carbocycles. The Balaban J connectivity index is 1.42. The lowest BCUT2D eigenvalue weighted by atomic mass is 9.77. The Morgan fingerprint density at radius 3 is 2.48 bits per heavy atom. The van der Waals surface area contributed by atoms with Crippen LogP contribution in [0.1, 0.15) is 104 Å². The maximum absolute atomic E-state index is 14.8. The van der Waals surface area contributed by atoms with E-state index < -0.39 is 35.6 Å². The van der Waals surface area contributed by atoms with Crippen LogP contribution in [-0.4, -0.2) is 70.2 Å². The Labute approximate surface area is 297 Å². The molecule has 1 aromatic heterocycles. The molecule has 10 heteroatoms. The second kappa shape index (κ2) is 16.4. The Bertz CT molecular complexity index is 1550. The van der Waals surface area contributed by atoms with Crippen LogP contribution >= 0.6 is 0 Å². The summed E-state index contributed by atoms with van der Waals surface area (Å²) in [6.45, 7) is 15.3. The highest BCUT2D eigenvalue weighted by Gasteiger charge is 2.52.